The Hall–Kier alpha value is -1.44. The molecule has 0 radical (unpaired) electrons. The van der Waals surface area contributed by atoms with Gasteiger partial charge in [0.25, 0.3) is 0 Å². The second-order valence-corrected chi connectivity index (χ2v) is 7.69. The zero-order valence-electron chi connectivity index (χ0n) is 12.6. The molecule has 0 N–H and O–H groups in total. The first-order chi connectivity index (χ1) is 10.1. The third-order valence-electron chi connectivity index (χ3n) is 6.79. The molecule has 5 aliphatic carbocycles. The number of carbonyl (C=O) groups is 2. The molecular formula is C19H20O2. The molecule has 2 saturated carbocycles. The van der Waals surface area contributed by atoms with Crippen LogP contribution in [0.3, 0.4) is 0 Å². The number of ketones is 2. The third-order valence-corrected chi connectivity index (χ3v) is 6.79. The quantitative estimate of drug-likeness (QED) is 0.504. The van der Waals surface area contributed by atoms with Crippen molar-refractivity contribution < 1.29 is 9.59 Å². The van der Waals surface area contributed by atoms with Gasteiger partial charge in [-0.15, -0.1) is 0 Å². The molecule has 0 spiro atoms. The molecule has 2 heteroatoms. The van der Waals surface area contributed by atoms with E-state index in [1.165, 1.54) is 18.4 Å². The maximum atomic E-state index is 12.3. The molecule has 4 bridgehead atoms. The van der Waals surface area contributed by atoms with Crippen molar-refractivity contribution in [3.8, 4) is 0 Å². The van der Waals surface area contributed by atoms with Gasteiger partial charge in [0.15, 0.2) is 11.6 Å². The van der Waals surface area contributed by atoms with Gasteiger partial charge in [-0.05, 0) is 57.1 Å². The monoisotopic (exact) mass is 280 g/mol. The van der Waals surface area contributed by atoms with Crippen LogP contribution in [0.1, 0.15) is 33.1 Å². The zero-order valence-corrected chi connectivity index (χ0v) is 12.6. The molecule has 2 fully saturated rings. The van der Waals surface area contributed by atoms with Gasteiger partial charge >= 0.3 is 0 Å². The molecule has 0 aliphatic heterocycles. The van der Waals surface area contributed by atoms with Gasteiger partial charge in [-0.3, -0.25) is 9.59 Å². The first-order valence-corrected chi connectivity index (χ1v) is 8.26. The maximum Gasteiger partial charge on any atom is 0.160 e. The number of hydrogen-bond acceptors (Lipinski definition) is 2. The highest BCUT2D eigenvalue weighted by Crippen LogP contribution is 2.69. The smallest absolute Gasteiger partial charge is 0.160 e. The van der Waals surface area contributed by atoms with Crippen LogP contribution in [0.2, 0.25) is 0 Å². The summed E-state index contributed by atoms with van der Waals surface area (Å²) in [4.78, 5) is 24.7. The first-order valence-electron chi connectivity index (χ1n) is 8.26. The Morgan fingerprint density at radius 1 is 0.905 bits per heavy atom. The van der Waals surface area contributed by atoms with Crippen molar-refractivity contribution in [1.82, 2.24) is 0 Å². The van der Waals surface area contributed by atoms with Crippen LogP contribution >= 0.6 is 0 Å². The summed E-state index contributed by atoms with van der Waals surface area (Å²) in [5.74, 6) is 2.34. The van der Waals surface area contributed by atoms with Crippen LogP contribution in [0, 0.1) is 35.5 Å². The number of fused-ring (bicyclic) bond motifs is 11. The van der Waals surface area contributed by atoms with Crippen LogP contribution in [-0.4, -0.2) is 11.6 Å². The molecule has 21 heavy (non-hydrogen) atoms. The van der Waals surface area contributed by atoms with Crippen molar-refractivity contribution in [2.75, 3.05) is 0 Å². The van der Waals surface area contributed by atoms with Crippen LogP contribution in [0.15, 0.2) is 34.4 Å². The molecular weight excluding hydrogens is 260 g/mol. The van der Waals surface area contributed by atoms with E-state index in [9.17, 15) is 9.59 Å². The normalized spacial score (nSPS) is 45.7. The Bertz CT molecular complexity index is 636. The fourth-order valence-electron chi connectivity index (χ4n) is 6.42. The summed E-state index contributed by atoms with van der Waals surface area (Å²) < 4.78 is 0. The summed E-state index contributed by atoms with van der Waals surface area (Å²) in [6.07, 6.45) is 6.69. The second-order valence-electron chi connectivity index (χ2n) is 7.69. The lowest BCUT2D eigenvalue weighted by atomic mass is 9.67. The van der Waals surface area contributed by atoms with Crippen LogP contribution in [-0.2, 0) is 9.59 Å². The Morgan fingerprint density at radius 3 is 1.81 bits per heavy atom. The summed E-state index contributed by atoms with van der Waals surface area (Å²) in [5.41, 5.74) is 6.31. The highest BCUT2D eigenvalue weighted by Gasteiger charge is 2.63. The molecule has 0 amide bonds. The van der Waals surface area contributed by atoms with E-state index in [2.05, 4.69) is 13.8 Å². The molecule has 5 rings (SSSR count). The second kappa shape index (κ2) is 3.66. The molecule has 0 heterocycles. The molecule has 5 aliphatic rings. The summed E-state index contributed by atoms with van der Waals surface area (Å²) in [7, 11) is 0. The van der Waals surface area contributed by atoms with Gasteiger partial charge in [0.2, 0.25) is 0 Å². The Labute approximate surface area is 125 Å². The highest BCUT2D eigenvalue weighted by molar-refractivity contribution is 6.08. The van der Waals surface area contributed by atoms with Crippen LogP contribution < -0.4 is 0 Å². The molecule has 2 nitrogen and oxygen atoms in total. The van der Waals surface area contributed by atoms with E-state index >= 15 is 0 Å². The average molecular weight is 280 g/mol. The molecule has 108 valence electrons. The van der Waals surface area contributed by atoms with Crippen molar-refractivity contribution in [3.63, 3.8) is 0 Å². The third kappa shape index (κ3) is 1.22. The van der Waals surface area contributed by atoms with Crippen molar-refractivity contribution in [1.29, 1.82) is 0 Å². The lowest BCUT2D eigenvalue weighted by Gasteiger charge is -2.35. The van der Waals surface area contributed by atoms with E-state index in [0.717, 1.165) is 6.42 Å². The summed E-state index contributed by atoms with van der Waals surface area (Å²) in [6.45, 7) is 4.46. The van der Waals surface area contributed by atoms with Gasteiger partial charge in [0.1, 0.15) is 0 Å². The standard InChI is InChI=1S/C19H20O2/c1-8(2)15-9-3-4-10(15)17-12-7-11(16(9)17)18-13(20)5-6-14(21)19(12)18/h5-6,9-12,18-19H,3-4,7H2,1-2H3/t9-,10-,11-,12-,18-,19+/m1/s1. The highest BCUT2D eigenvalue weighted by atomic mass is 16.1. The zero-order chi connectivity index (χ0) is 14.5. The van der Waals surface area contributed by atoms with Crippen molar-refractivity contribution in [2.45, 2.75) is 33.1 Å². The van der Waals surface area contributed by atoms with Gasteiger partial charge in [-0.25, -0.2) is 0 Å². The van der Waals surface area contributed by atoms with Gasteiger partial charge in [-0.2, -0.15) is 0 Å². The molecule has 6 atom stereocenters. The van der Waals surface area contributed by atoms with Gasteiger partial charge in [0, 0.05) is 23.7 Å². The first kappa shape index (κ1) is 12.1. The largest absolute Gasteiger partial charge is 0.294 e. The van der Waals surface area contributed by atoms with E-state index < -0.39 is 0 Å². The Morgan fingerprint density at radius 2 is 1.38 bits per heavy atom. The lowest BCUT2D eigenvalue weighted by Crippen LogP contribution is -2.38. The molecule has 0 unspecified atom stereocenters. The van der Waals surface area contributed by atoms with E-state index in [4.69, 9.17) is 0 Å². The van der Waals surface area contributed by atoms with E-state index in [0.29, 0.717) is 23.7 Å². The van der Waals surface area contributed by atoms with Crippen LogP contribution in [0.25, 0.3) is 0 Å². The lowest BCUT2D eigenvalue weighted by molar-refractivity contribution is -0.129. The van der Waals surface area contributed by atoms with Crippen LogP contribution in [0.5, 0.6) is 0 Å². The summed E-state index contributed by atoms with van der Waals surface area (Å²) in [6, 6.07) is 0. The van der Waals surface area contributed by atoms with Gasteiger partial charge in [0.05, 0.1) is 0 Å². The fourth-order valence-corrected chi connectivity index (χ4v) is 6.42. The minimum atomic E-state index is -0.0241. The van der Waals surface area contributed by atoms with Crippen molar-refractivity contribution >= 4 is 11.6 Å². The number of rotatable bonds is 0. The molecule has 0 aromatic heterocycles. The van der Waals surface area contributed by atoms with E-state index in [1.807, 2.05) is 0 Å². The maximum absolute atomic E-state index is 12.3. The Kier molecular flexibility index (Phi) is 2.11. The number of allylic oxidation sites excluding steroid dienone is 6. The topological polar surface area (TPSA) is 34.1 Å². The summed E-state index contributed by atoms with van der Waals surface area (Å²) >= 11 is 0. The molecule has 0 aromatic carbocycles. The summed E-state index contributed by atoms with van der Waals surface area (Å²) in [5, 5.41) is 0. The average Bonchev–Trinajstić information content (AvgIpc) is 3.16. The number of hydrogen-bond donors (Lipinski definition) is 0. The Balaban J connectivity index is 1.67. The van der Waals surface area contributed by atoms with Gasteiger partial charge in [-0.1, -0.05) is 22.3 Å². The van der Waals surface area contributed by atoms with Crippen molar-refractivity contribution in [3.05, 3.63) is 34.4 Å². The van der Waals surface area contributed by atoms with Crippen molar-refractivity contribution in [2.24, 2.45) is 35.5 Å². The van der Waals surface area contributed by atoms with Gasteiger partial charge < -0.3 is 0 Å². The van der Waals surface area contributed by atoms with E-state index in [1.54, 1.807) is 28.9 Å². The fraction of sp³-hybridized carbons (Fsp3) is 0.579. The van der Waals surface area contributed by atoms with Crippen LogP contribution in [0.4, 0.5) is 0 Å². The van der Waals surface area contributed by atoms with E-state index in [-0.39, 0.29) is 23.4 Å². The number of carbonyl (C=O) groups excluding carboxylic acids is 2. The molecule has 0 aromatic rings. The minimum Gasteiger partial charge on any atom is -0.294 e. The predicted octanol–water partition coefficient (Wildman–Crippen LogP) is 3.25. The predicted molar refractivity (Wildman–Crippen MR) is 79.3 cm³/mol. The SMILES string of the molecule is CC(C)=C1[C@H]2CC[C@H]1C1=C2[C@H]2C[C@H]1[C@H]1C(=O)C=CC(=O)[C@H]12. The minimum absolute atomic E-state index is 0.0241. The molecule has 0 saturated heterocycles.